The van der Waals surface area contributed by atoms with Crippen LogP contribution in [0.15, 0.2) is 6.07 Å². The average Bonchev–Trinajstić information content (AvgIpc) is 2.35. The van der Waals surface area contributed by atoms with Gasteiger partial charge in [-0.15, -0.1) is 0 Å². The van der Waals surface area contributed by atoms with E-state index in [1.54, 1.807) is 0 Å². The van der Waals surface area contributed by atoms with E-state index in [9.17, 15) is 0 Å². The molecule has 0 atom stereocenters. The molecule has 18 heavy (non-hydrogen) atoms. The topological polar surface area (TPSA) is 6.48 Å². The Morgan fingerprint density at radius 3 is 2.06 bits per heavy atom. The molecule has 102 valence electrons. The Hall–Kier alpha value is -0.320. The molecule has 0 fully saturated rings. The SMILES string of the molecule is CCCN(CCC)CCCN(C)c1cc(=S)c1=S. The van der Waals surface area contributed by atoms with E-state index in [0.29, 0.717) is 0 Å². The Bertz CT molecular complexity index is 415. The van der Waals surface area contributed by atoms with Crippen molar-refractivity contribution in [3.05, 3.63) is 15.1 Å². The van der Waals surface area contributed by atoms with Gasteiger partial charge in [0, 0.05) is 13.6 Å². The molecule has 1 rings (SSSR count). The zero-order chi connectivity index (χ0) is 13.5. The van der Waals surface area contributed by atoms with Gasteiger partial charge in [0.25, 0.3) is 0 Å². The first-order valence-corrected chi connectivity index (χ1v) is 7.65. The van der Waals surface area contributed by atoms with Crippen molar-refractivity contribution in [2.75, 3.05) is 38.1 Å². The zero-order valence-corrected chi connectivity index (χ0v) is 13.4. The van der Waals surface area contributed by atoms with Crippen LogP contribution in [0.5, 0.6) is 0 Å². The van der Waals surface area contributed by atoms with Gasteiger partial charge in [-0.3, -0.25) is 0 Å². The molecule has 0 aliphatic rings. The molecule has 1 aromatic rings. The van der Waals surface area contributed by atoms with E-state index in [0.717, 1.165) is 21.3 Å². The van der Waals surface area contributed by atoms with Crippen LogP contribution in [-0.4, -0.2) is 38.1 Å². The number of hydrogen-bond acceptors (Lipinski definition) is 4. The molecule has 1 aromatic carbocycles. The van der Waals surface area contributed by atoms with Crippen LogP contribution < -0.4 is 4.90 Å². The van der Waals surface area contributed by atoms with E-state index in [4.69, 9.17) is 24.4 Å². The highest BCUT2D eigenvalue weighted by molar-refractivity contribution is 7.74. The third-order valence-corrected chi connectivity index (χ3v) is 4.06. The van der Waals surface area contributed by atoms with E-state index in [1.165, 1.54) is 38.9 Å². The van der Waals surface area contributed by atoms with Gasteiger partial charge in [-0.2, -0.15) is 0 Å². The first kappa shape index (κ1) is 15.7. The largest absolute Gasteiger partial charge is 0.373 e. The second-order valence-electron chi connectivity index (χ2n) is 4.84. The summed E-state index contributed by atoms with van der Waals surface area (Å²) < 4.78 is 1.71. The molecule has 0 N–H and O–H groups in total. The Kier molecular flexibility index (Phi) is 6.97. The minimum Gasteiger partial charge on any atom is -0.373 e. The summed E-state index contributed by atoms with van der Waals surface area (Å²) in [6.07, 6.45) is 3.65. The predicted octanol–water partition coefficient (Wildman–Crippen LogP) is 3.97. The highest BCUT2D eigenvalue weighted by atomic mass is 32.1. The summed E-state index contributed by atoms with van der Waals surface area (Å²) in [7, 11) is 2.10. The maximum atomic E-state index is 5.23. The highest BCUT2D eigenvalue weighted by Gasteiger charge is 2.09. The lowest BCUT2D eigenvalue weighted by molar-refractivity contribution is 0.272. The molecule has 0 unspecified atom stereocenters. The monoisotopic (exact) mass is 284 g/mol. The van der Waals surface area contributed by atoms with Gasteiger partial charge < -0.3 is 9.80 Å². The van der Waals surface area contributed by atoms with Crippen molar-refractivity contribution < 1.29 is 0 Å². The first-order chi connectivity index (χ1) is 8.60. The molecule has 0 saturated heterocycles. The summed E-state index contributed by atoms with van der Waals surface area (Å²) in [4.78, 5) is 4.78. The van der Waals surface area contributed by atoms with Crippen LogP contribution in [0.25, 0.3) is 0 Å². The molecule has 0 aliphatic carbocycles. The molecule has 0 amide bonds. The molecule has 0 aromatic heterocycles. The van der Waals surface area contributed by atoms with Crippen LogP contribution in [0, 0.1) is 9.02 Å². The molecule has 0 aliphatic heterocycles. The molecule has 4 heteroatoms. The van der Waals surface area contributed by atoms with Crippen molar-refractivity contribution in [3.8, 4) is 0 Å². The Labute approximate surface area is 121 Å². The van der Waals surface area contributed by atoms with Gasteiger partial charge in [-0.1, -0.05) is 38.3 Å². The lowest BCUT2D eigenvalue weighted by Crippen LogP contribution is -2.30. The molecule has 0 heterocycles. The number of anilines is 1. The van der Waals surface area contributed by atoms with Crippen molar-refractivity contribution in [1.82, 2.24) is 4.90 Å². The number of hydrogen-bond donors (Lipinski definition) is 0. The molecule has 0 radical (unpaired) electrons. The number of nitrogens with zero attached hydrogens (tertiary/aromatic N) is 2. The second kappa shape index (κ2) is 7.97. The van der Waals surface area contributed by atoms with Crippen LogP contribution in [0.4, 0.5) is 5.69 Å². The Morgan fingerprint density at radius 2 is 1.61 bits per heavy atom. The summed E-state index contributed by atoms with van der Waals surface area (Å²) in [5.74, 6) is 0. The lowest BCUT2D eigenvalue weighted by atomic mass is 10.2. The minimum atomic E-state index is 0.838. The van der Waals surface area contributed by atoms with Crippen molar-refractivity contribution in [2.24, 2.45) is 0 Å². The van der Waals surface area contributed by atoms with Crippen molar-refractivity contribution >= 4 is 30.1 Å². The summed E-state index contributed by atoms with van der Waals surface area (Å²) in [5.41, 5.74) is 1.15. The van der Waals surface area contributed by atoms with Crippen molar-refractivity contribution in [1.29, 1.82) is 0 Å². The van der Waals surface area contributed by atoms with Gasteiger partial charge >= 0.3 is 0 Å². The van der Waals surface area contributed by atoms with Crippen LogP contribution in [-0.2, 0) is 0 Å². The lowest BCUT2D eigenvalue weighted by Gasteiger charge is -2.25. The quantitative estimate of drug-likeness (QED) is 0.633. The van der Waals surface area contributed by atoms with Crippen LogP contribution in [0.2, 0.25) is 0 Å². The first-order valence-electron chi connectivity index (χ1n) is 6.84. The third-order valence-electron chi connectivity index (χ3n) is 3.18. The Balaban J connectivity index is 2.30. The minimum absolute atomic E-state index is 0.838. The normalized spacial score (nSPS) is 11.3. The fraction of sp³-hybridized carbons (Fsp3) is 0.714. The predicted molar refractivity (Wildman–Crippen MR) is 85.4 cm³/mol. The maximum Gasteiger partial charge on any atom is 0.0792 e. The summed E-state index contributed by atoms with van der Waals surface area (Å²) >= 11 is 10.3. The van der Waals surface area contributed by atoms with Gasteiger partial charge in [0.1, 0.15) is 0 Å². The van der Waals surface area contributed by atoms with E-state index >= 15 is 0 Å². The standard InChI is InChI=1S/C14H24N2S2/c1-4-7-16(8-5-2)10-6-9-15(3)12-11-13(17)14(12)18/h11H,4-10H2,1-3H3. The van der Waals surface area contributed by atoms with E-state index in [2.05, 4.69) is 30.7 Å². The summed E-state index contributed by atoms with van der Waals surface area (Å²) in [6, 6.07) is 2.01. The maximum absolute atomic E-state index is 5.23. The van der Waals surface area contributed by atoms with E-state index in [-0.39, 0.29) is 0 Å². The molecular formula is C14H24N2S2. The van der Waals surface area contributed by atoms with E-state index < -0.39 is 0 Å². The van der Waals surface area contributed by atoms with Gasteiger partial charge in [0.2, 0.25) is 0 Å². The molecular weight excluding hydrogens is 260 g/mol. The van der Waals surface area contributed by atoms with E-state index in [1.807, 2.05) is 6.07 Å². The van der Waals surface area contributed by atoms with Gasteiger partial charge in [0.15, 0.2) is 0 Å². The second-order valence-corrected chi connectivity index (χ2v) is 5.69. The third kappa shape index (κ3) is 4.41. The van der Waals surface area contributed by atoms with Crippen LogP contribution >= 0.6 is 24.4 Å². The summed E-state index contributed by atoms with van der Waals surface area (Å²) in [5, 5.41) is 0. The fourth-order valence-electron chi connectivity index (χ4n) is 2.21. The average molecular weight is 284 g/mol. The molecule has 2 nitrogen and oxygen atoms in total. The van der Waals surface area contributed by atoms with Crippen LogP contribution in [0.3, 0.4) is 0 Å². The van der Waals surface area contributed by atoms with Crippen LogP contribution in [0.1, 0.15) is 33.1 Å². The van der Waals surface area contributed by atoms with Crippen molar-refractivity contribution in [2.45, 2.75) is 33.1 Å². The number of rotatable bonds is 9. The fourth-order valence-corrected chi connectivity index (χ4v) is 2.70. The summed E-state index contributed by atoms with van der Waals surface area (Å²) in [6.45, 7) is 9.14. The molecule has 0 spiro atoms. The zero-order valence-electron chi connectivity index (χ0n) is 11.7. The Morgan fingerprint density at radius 1 is 1.00 bits per heavy atom. The van der Waals surface area contributed by atoms with Crippen molar-refractivity contribution in [3.63, 3.8) is 0 Å². The van der Waals surface area contributed by atoms with Gasteiger partial charge in [-0.25, -0.2) is 0 Å². The van der Waals surface area contributed by atoms with Gasteiger partial charge in [-0.05, 0) is 45.0 Å². The molecule has 0 bridgehead atoms. The highest BCUT2D eigenvalue weighted by Crippen LogP contribution is 2.21. The molecule has 0 saturated carbocycles. The smallest absolute Gasteiger partial charge is 0.0792 e. The van der Waals surface area contributed by atoms with Gasteiger partial charge in [0.05, 0.1) is 14.7 Å².